The van der Waals surface area contributed by atoms with Crippen molar-refractivity contribution in [2.45, 2.75) is 32.2 Å². The summed E-state index contributed by atoms with van der Waals surface area (Å²) in [6.45, 7) is 2.21. The van der Waals surface area contributed by atoms with E-state index < -0.39 is 0 Å². The zero-order valence-electron chi connectivity index (χ0n) is 9.93. The smallest absolute Gasteiger partial charge is 0.180 e. The van der Waals surface area contributed by atoms with Gasteiger partial charge in [0.25, 0.3) is 0 Å². The highest BCUT2D eigenvalue weighted by Crippen LogP contribution is 2.33. The molecule has 4 nitrogen and oxygen atoms in total. The van der Waals surface area contributed by atoms with Crippen LogP contribution in [0, 0.1) is 5.92 Å². The van der Waals surface area contributed by atoms with Crippen LogP contribution in [0.15, 0.2) is 24.5 Å². The van der Waals surface area contributed by atoms with Gasteiger partial charge in [-0.25, -0.2) is 9.97 Å². The van der Waals surface area contributed by atoms with E-state index in [2.05, 4.69) is 27.2 Å². The Morgan fingerprint density at radius 2 is 2.12 bits per heavy atom. The molecule has 1 unspecified atom stereocenters. The Balaban J connectivity index is 1.75. The van der Waals surface area contributed by atoms with Crippen LogP contribution in [0.25, 0.3) is 11.2 Å². The molecule has 1 aliphatic rings. The SMILES string of the molecule is CC(CC1CC1)Nc1ccc2nccnc2n1. The van der Waals surface area contributed by atoms with Gasteiger partial charge in [-0.15, -0.1) is 0 Å². The van der Waals surface area contributed by atoms with Gasteiger partial charge in [-0.1, -0.05) is 12.8 Å². The monoisotopic (exact) mass is 228 g/mol. The van der Waals surface area contributed by atoms with Gasteiger partial charge in [0.15, 0.2) is 5.65 Å². The molecule has 0 amide bonds. The first-order valence-electron chi connectivity index (χ1n) is 6.15. The number of rotatable bonds is 4. The third-order valence-corrected chi connectivity index (χ3v) is 3.11. The Bertz CT molecular complexity index is 522. The minimum atomic E-state index is 0.476. The number of anilines is 1. The summed E-state index contributed by atoms with van der Waals surface area (Å²) in [6.07, 6.45) is 7.38. The molecule has 0 radical (unpaired) electrons. The van der Waals surface area contributed by atoms with E-state index in [1.165, 1.54) is 19.3 Å². The van der Waals surface area contributed by atoms with Crippen molar-refractivity contribution in [2.75, 3.05) is 5.32 Å². The molecule has 1 N–H and O–H groups in total. The van der Waals surface area contributed by atoms with Crippen LogP contribution in [0.3, 0.4) is 0 Å². The van der Waals surface area contributed by atoms with Crippen molar-refractivity contribution in [2.24, 2.45) is 5.92 Å². The molecular weight excluding hydrogens is 212 g/mol. The molecule has 0 aromatic carbocycles. The Labute approximate surface area is 101 Å². The molecule has 2 aromatic rings. The molecule has 1 aliphatic carbocycles. The summed E-state index contributed by atoms with van der Waals surface area (Å²) in [6, 6.07) is 4.41. The van der Waals surface area contributed by atoms with E-state index in [9.17, 15) is 0 Å². The molecule has 4 heteroatoms. The molecule has 0 bridgehead atoms. The van der Waals surface area contributed by atoms with Gasteiger partial charge in [-0.3, -0.25) is 4.98 Å². The summed E-state index contributed by atoms with van der Waals surface area (Å²) in [5.74, 6) is 1.82. The molecule has 1 fully saturated rings. The molecule has 2 heterocycles. The van der Waals surface area contributed by atoms with E-state index in [1.54, 1.807) is 12.4 Å². The highest BCUT2D eigenvalue weighted by molar-refractivity contribution is 5.71. The van der Waals surface area contributed by atoms with E-state index in [-0.39, 0.29) is 0 Å². The van der Waals surface area contributed by atoms with E-state index in [4.69, 9.17) is 0 Å². The second-order valence-corrected chi connectivity index (χ2v) is 4.82. The van der Waals surface area contributed by atoms with Crippen molar-refractivity contribution in [3.05, 3.63) is 24.5 Å². The molecule has 0 spiro atoms. The summed E-state index contributed by atoms with van der Waals surface area (Å²) in [4.78, 5) is 12.9. The second kappa shape index (κ2) is 4.28. The van der Waals surface area contributed by atoms with Crippen LogP contribution >= 0.6 is 0 Å². The summed E-state index contributed by atoms with van der Waals surface area (Å²) >= 11 is 0. The maximum Gasteiger partial charge on any atom is 0.180 e. The standard InChI is InChI=1S/C13H16N4/c1-9(8-10-2-3-10)16-12-5-4-11-13(17-12)15-7-6-14-11/h4-7,9-10H,2-3,8H2,1H3,(H,15,16,17). The lowest BCUT2D eigenvalue weighted by Crippen LogP contribution is -2.16. The zero-order chi connectivity index (χ0) is 11.7. The Kier molecular flexibility index (Phi) is 2.63. The van der Waals surface area contributed by atoms with Crippen LogP contribution in [-0.4, -0.2) is 21.0 Å². The second-order valence-electron chi connectivity index (χ2n) is 4.82. The van der Waals surface area contributed by atoms with Crippen molar-refractivity contribution in [3.63, 3.8) is 0 Å². The number of pyridine rings is 1. The molecule has 3 rings (SSSR count). The van der Waals surface area contributed by atoms with E-state index in [0.717, 1.165) is 17.3 Å². The van der Waals surface area contributed by atoms with Crippen molar-refractivity contribution in [1.82, 2.24) is 15.0 Å². The van der Waals surface area contributed by atoms with Crippen molar-refractivity contribution in [3.8, 4) is 0 Å². The molecule has 2 aromatic heterocycles. The van der Waals surface area contributed by atoms with Gasteiger partial charge in [0.1, 0.15) is 11.3 Å². The summed E-state index contributed by atoms with van der Waals surface area (Å²) in [7, 11) is 0. The van der Waals surface area contributed by atoms with E-state index in [0.29, 0.717) is 11.7 Å². The highest BCUT2D eigenvalue weighted by Gasteiger charge is 2.23. The summed E-state index contributed by atoms with van der Waals surface area (Å²) in [5.41, 5.74) is 1.55. The van der Waals surface area contributed by atoms with Gasteiger partial charge in [0.05, 0.1) is 0 Å². The number of nitrogens with zero attached hydrogens (tertiary/aromatic N) is 3. The largest absolute Gasteiger partial charge is 0.368 e. The van der Waals surface area contributed by atoms with Gasteiger partial charge in [-0.2, -0.15) is 0 Å². The molecule has 1 saturated carbocycles. The van der Waals surface area contributed by atoms with Gasteiger partial charge in [0.2, 0.25) is 0 Å². The maximum atomic E-state index is 4.46. The van der Waals surface area contributed by atoms with Crippen LogP contribution in [0.4, 0.5) is 5.82 Å². The first-order chi connectivity index (χ1) is 8.31. The van der Waals surface area contributed by atoms with Crippen LogP contribution < -0.4 is 5.32 Å². The van der Waals surface area contributed by atoms with Crippen molar-refractivity contribution < 1.29 is 0 Å². The lowest BCUT2D eigenvalue weighted by atomic mass is 10.1. The zero-order valence-corrected chi connectivity index (χ0v) is 9.93. The van der Waals surface area contributed by atoms with Crippen molar-refractivity contribution in [1.29, 1.82) is 0 Å². The maximum absolute atomic E-state index is 4.46. The molecule has 17 heavy (non-hydrogen) atoms. The van der Waals surface area contributed by atoms with Crippen LogP contribution in [0.2, 0.25) is 0 Å². The lowest BCUT2D eigenvalue weighted by Gasteiger charge is -2.13. The minimum Gasteiger partial charge on any atom is -0.368 e. The molecule has 0 saturated heterocycles. The van der Waals surface area contributed by atoms with Gasteiger partial charge in [-0.05, 0) is 31.4 Å². The number of hydrogen-bond acceptors (Lipinski definition) is 4. The topological polar surface area (TPSA) is 50.7 Å². The average molecular weight is 228 g/mol. The third kappa shape index (κ3) is 2.52. The number of hydrogen-bond donors (Lipinski definition) is 1. The third-order valence-electron chi connectivity index (χ3n) is 3.11. The van der Waals surface area contributed by atoms with Gasteiger partial charge in [0, 0.05) is 18.4 Å². The quantitative estimate of drug-likeness (QED) is 0.874. The lowest BCUT2D eigenvalue weighted by molar-refractivity contribution is 0.640. The predicted octanol–water partition coefficient (Wildman–Crippen LogP) is 2.63. The normalized spacial score (nSPS) is 17.0. The minimum absolute atomic E-state index is 0.476. The van der Waals surface area contributed by atoms with E-state index in [1.807, 2.05) is 12.1 Å². The molecule has 1 atom stereocenters. The molecule has 88 valence electrons. The summed E-state index contributed by atoms with van der Waals surface area (Å²) < 4.78 is 0. The van der Waals surface area contributed by atoms with Gasteiger partial charge < -0.3 is 5.32 Å². The average Bonchev–Trinajstić information content (AvgIpc) is 3.12. The highest BCUT2D eigenvalue weighted by atomic mass is 15.0. The van der Waals surface area contributed by atoms with Crippen LogP contribution in [0.1, 0.15) is 26.2 Å². The Hall–Kier alpha value is -1.71. The Morgan fingerprint density at radius 1 is 1.29 bits per heavy atom. The Morgan fingerprint density at radius 3 is 2.94 bits per heavy atom. The molecular formula is C13H16N4. The summed E-state index contributed by atoms with van der Waals surface area (Å²) in [5, 5.41) is 3.43. The van der Waals surface area contributed by atoms with Crippen LogP contribution in [0.5, 0.6) is 0 Å². The number of aromatic nitrogens is 3. The molecule has 0 aliphatic heterocycles. The first kappa shape index (κ1) is 10.4. The number of nitrogens with one attached hydrogen (secondary N) is 1. The van der Waals surface area contributed by atoms with E-state index >= 15 is 0 Å². The fourth-order valence-corrected chi connectivity index (χ4v) is 2.10. The fraction of sp³-hybridized carbons (Fsp3) is 0.462. The number of fused-ring (bicyclic) bond motifs is 1. The van der Waals surface area contributed by atoms with Gasteiger partial charge >= 0.3 is 0 Å². The predicted molar refractivity (Wildman–Crippen MR) is 67.8 cm³/mol. The first-order valence-corrected chi connectivity index (χ1v) is 6.15. The fourth-order valence-electron chi connectivity index (χ4n) is 2.10. The van der Waals surface area contributed by atoms with Crippen LogP contribution in [-0.2, 0) is 0 Å². The van der Waals surface area contributed by atoms with Crippen molar-refractivity contribution >= 4 is 17.0 Å².